The highest BCUT2D eigenvalue weighted by atomic mass is 16.4. The van der Waals surface area contributed by atoms with Gasteiger partial charge in [0.2, 0.25) is 5.82 Å². The molecule has 0 aliphatic rings. The van der Waals surface area contributed by atoms with Crippen LogP contribution in [-0.4, -0.2) is 36.3 Å². The minimum absolute atomic E-state index is 0.327. The number of carboxylic acids is 1. The van der Waals surface area contributed by atoms with Crippen LogP contribution in [-0.2, 0) is 13.0 Å². The maximum atomic E-state index is 11.6. The number of tetrazole rings is 1. The van der Waals surface area contributed by atoms with Gasteiger partial charge in [0, 0.05) is 17.8 Å². The van der Waals surface area contributed by atoms with Gasteiger partial charge in [0.1, 0.15) is 5.69 Å². The lowest BCUT2D eigenvalue weighted by atomic mass is 9.98. The molecule has 0 bridgehead atoms. The third-order valence-corrected chi connectivity index (χ3v) is 5.20. The van der Waals surface area contributed by atoms with Crippen LogP contribution in [0.3, 0.4) is 0 Å². The number of benzene rings is 2. The molecule has 0 aliphatic carbocycles. The number of nitrogens with zero attached hydrogens (tertiary/aromatic N) is 4. The van der Waals surface area contributed by atoms with Crippen LogP contribution in [0.4, 0.5) is 0 Å². The van der Waals surface area contributed by atoms with E-state index in [1.165, 1.54) is 0 Å². The molecule has 0 spiro atoms. The average molecular weight is 401 g/mol. The van der Waals surface area contributed by atoms with Gasteiger partial charge in [0.25, 0.3) is 0 Å². The zero-order valence-corrected chi connectivity index (χ0v) is 16.7. The monoisotopic (exact) mass is 401 g/mol. The van der Waals surface area contributed by atoms with Crippen molar-refractivity contribution in [1.29, 1.82) is 0 Å². The predicted molar refractivity (Wildman–Crippen MR) is 114 cm³/mol. The van der Waals surface area contributed by atoms with Crippen molar-refractivity contribution < 1.29 is 9.90 Å². The first-order valence-electron chi connectivity index (χ1n) is 10.0. The summed E-state index contributed by atoms with van der Waals surface area (Å²) < 4.78 is 1.90. The fourth-order valence-electron chi connectivity index (χ4n) is 3.64. The Morgan fingerprint density at radius 2 is 1.80 bits per heavy atom. The summed E-state index contributed by atoms with van der Waals surface area (Å²) in [5.74, 6) is -0.350. The molecule has 0 aliphatic heterocycles. The Labute approximate surface area is 174 Å². The summed E-state index contributed by atoms with van der Waals surface area (Å²) in [5.41, 5.74) is 5.39. The number of aryl methyl sites for hydroxylation is 1. The van der Waals surface area contributed by atoms with Gasteiger partial charge >= 0.3 is 5.97 Å². The number of unbranched alkanes of at least 4 members (excludes halogenated alkanes) is 1. The molecule has 0 saturated heterocycles. The topological polar surface area (TPSA) is 96.7 Å². The van der Waals surface area contributed by atoms with E-state index in [0.29, 0.717) is 18.1 Å². The third kappa shape index (κ3) is 4.00. The van der Waals surface area contributed by atoms with Gasteiger partial charge in [-0.15, -0.1) is 10.2 Å². The van der Waals surface area contributed by atoms with E-state index in [0.717, 1.165) is 47.2 Å². The van der Waals surface area contributed by atoms with Gasteiger partial charge in [-0.25, -0.2) is 4.79 Å². The number of carbonyl (C=O) groups is 1. The third-order valence-electron chi connectivity index (χ3n) is 5.20. The average Bonchev–Trinajstić information content (AvgIpc) is 3.43. The second-order valence-corrected chi connectivity index (χ2v) is 7.18. The Morgan fingerprint density at radius 1 is 1.03 bits per heavy atom. The minimum Gasteiger partial charge on any atom is -0.477 e. The van der Waals surface area contributed by atoms with Crippen molar-refractivity contribution >= 4 is 5.97 Å². The number of nitrogens with one attached hydrogen (secondary N) is 1. The summed E-state index contributed by atoms with van der Waals surface area (Å²) in [6, 6.07) is 19.7. The van der Waals surface area contributed by atoms with Gasteiger partial charge in [-0.3, -0.25) is 0 Å². The van der Waals surface area contributed by atoms with E-state index in [1.54, 1.807) is 6.07 Å². The highest BCUT2D eigenvalue weighted by Crippen LogP contribution is 2.30. The Kier molecular flexibility index (Phi) is 5.70. The minimum atomic E-state index is -0.900. The number of H-pyrrole nitrogens is 1. The Balaban J connectivity index is 1.62. The second kappa shape index (κ2) is 8.73. The number of hydrogen-bond acceptors (Lipinski definition) is 4. The number of aromatic amines is 1. The van der Waals surface area contributed by atoms with Gasteiger partial charge in [0.15, 0.2) is 0 Å². The first-order valence-corrected chi connectivity index (χ1v) is 10.0. The van der Waals surface area contributed by atoms with Gasteiger partial charge in [-0.05, 0) is 46.9 Å². The maximum absolute atomic E-state index is 11.6. The summed E-state index contributed by atoms with van der Waals surface area (Å²) in [4.78, 5) is 11.6. The van der Waals surface area contributed by atoms with Crippen LogP contribution in [0.5, 0.6) is 0 Å². The molecule has 7 nitrogen and oxygen atoms in total. The van der Waals surface area contributed by atoms with E-state index in [1.807, 2.05) is 59.2 Å². The number of aromatic nitrogens is 5. The molecule has 0 saturated carbocycles. The second-order valence-electron chi connectivity index (χ2n) is 7.18. The molecule has 152 valence electrons. The van der Waals surface area contributed by atoms with Crippen LogP contribution in [0.15, 0.2) is 60.7 Å². The molecule has 0 atom stereocenters. The molecule has 7 heteroatoms. The molecule has 0 amide bonds. The molecule has 4 rings (SSSR count). The summed E-state index contributed by atoms with van der Waals surface area (Å²) in [5, 5.41) is 23.9. The summed E-state index contributed by atoms with van der Waals surface area (Å²) in [7, 11) is 0. The van der Waals surface area contributed by atoms with E-state index in [9.17, 15) is 9.90 Å². The molecule has 2 aromatic heterocycles. The molecule has 0 radical (unpaired) electrons. The Morgan fingerprint density at radius 3 is 2.47 bits per heavy atom. The molecule has 2 heterocycles. The Bertz CT molecular complexity index is 1130. The van der Waals surface area contributed by atoms with E-state index in [2.05, 4.69) is 27.5 Å². The fraction of sp³-hybridized carbons (Fsp3) is 0.217. The molecular formula is C23H23N5O2. The van der Waals surface area contributed by atoms with Crippen molar-refractivity contribution in [1.82, 2.24) is 25.2 Å². The van der Waals surface area contributed by atoms with Crippen molar-refractivity contribution in [2.45, 2.75) is 32.7 Å². The summed E-state index contributed by atoms with van der Waals surface area (Å²) in [6.45, 7) is 2.66. The number of rotatable bonds is 8. The number of hydrogen-bond donors (Lipinski definition) is 2. The lowest BCUT2D eigenvalue weighted by molar-refractivity contribution is 0.0685. The quantitative estimate of drug-likeness (QED) is 0.455. The van der Waals surface area contributed by atoms with Crippen molar-refractivity contribution in [3.63, 3.8) is 0 Å². The molecule has 0 fully saturated rings. The van der Waals surface area contributed by atoms with Crippen molar-refractivity contribution in [3.05, 3.63) is 77.6 Å². The van der Waals surface area contributed by atoms with Gasteiger partial charge < -0.3 is 9.67 Å². The number of carboxylic acid groups (broad SMARTS) is 1. The smallest absolute Gasteiger partial charge is 0.352 e. The van der Waals surface area contributed by atoms with E-state index in [-0.39, 0.29) is 0 Å². The van der Waals surface area contributed by atoms with E-state index >= 15 is 0 Å². The maximum Gasteiger partial charge on any atom is 0.352 e. The van der Waals surface area contributed by atoms with Crippen LogP contribution >= 0.6 is 0 Å². The lowest BCUT2D eigenvalue weighted by Crippen LogP contribution is -2.12. The van der Waals surface area contributed by atoms with Crippen molar-refractivity contribution in [2.75, 3.05) is 0 Å². The summed E-state index contributed by atoms with van der Waals surface area (Å²) >= 11 is 0. The molecule has 30 heavy (non-hydrogen) atoms. The molecule has 2 aromatic carbocycles. The number of aromatic carboxylic acids is 1. The zero-order chi connectivity index (χ0) is 20.9. The van der Waals surface area contributed by atoms with Crippen molar-refractivity contribution in [2.24, 2.45) is 0 Å². The van der Waals surface area contributed by atoms with E-state index in [4.69, 9.17) is 0 Å². The molecule has 4 aromatic rings. The lowest BCUT2D eigenvalue weighted by Gasteiger charge is -2.13. The van der Waals surface area contributed by atoms with Crippen molar-refractivity contribution in [3.8, 4) is 22.5 Å². The zero-order valence-electron chi connectivity index (χ0n) is 16.7. The summed E-state index contributed by atoms with van der Waals surface area (Å²) in [6.07, 6.45) is 2.98. The van der Waals surface area contributed by atoms with Gasteiger partial charge in [-0.1, -0.05) is 61.9 Å². The first kappa shape index (κ1) is 19.6. The highest BCUT2D eigenvalue weighted by molar-refractivity contribution is 5.86. The first-order chi connectivity index (χ1) is 14.7. The normalized spacial score (nSPS) is 11.0. The molecule has 0 unspecified atom stereocenters. The fourth-order valence-corrected chi connectivity index (χ4v) is 3.64. The van der Waals surface area contributed by atoms with Crippen LogP contribution in [0.25, 0.3) is 22.5 Å². The largest absolute Gasteiger partial charge is 0.477 e. The van der Waals surface area contributed by atoms with Crippen LogP contribution in [0.2, 0.25) is 0 Å². The van der Waals surface area contributed by atoms with Gasteiger partial charge in [-0.2, -0.15) is 5.21 Å². The Hall–Kier alpha value is -3.74. The highest BCUT2D eigenvalue weighted by Gasteiger charge is 2.15. The van der Waals surface area contributed by atoms with Gasteiger partial charge in [0.05, 0.1) is 0 Å². The molecule has 2 N–H and O–H groups in total. The van der Waals surface area contributed by atoms with Crippen LogP contribution in [0, 0.1) is 0 Å². The SMILES string of the molecule is CCCCc1ccc(C(=O)O)n1Cc1ccc(-c2ccccc2-c2nn[nH]n2)cc1. The van der Waals surface area contributed by atoms with Crippen LogP contribution in [0.1, 0.15) is 41.5 Å². The van der Waals surface area contributed by atoms with E-state index < -0.39 is 5.97 Å². The standard InChI is InChI=1S/C23H23N5O2/c1-2-3-6-18-13-14-21(23(29)30)28(18)15-16-9-11-17(12-10-16)19-7-4-5-8-20(19)22-24-26-27-25-22/h4-5,7-14H,2-3,6,15H2,1H3,(H,29,30)(H,24,25,26,27). The predicted octanol–water partition coefficient (Wildman–Crippen LogP) is 4.42. The van der Waals surface area contributed by atoms with Crippen LogP contribution < -0.4 is 0 Å². The molecular weight excluding hydrogens is 378 g/mol.